The second-order valence-corrected chi connectivity index (χ2v) is 7.18. The number of para-hydroxylation sites is 1. The van der Waals surface area contributed by atoms with Crippen LogP contribution in [0.1, 0.15) is 75.1 Å². The van der Waals surface area contributed by atoms with E-state index in [4.69, 9.17) is 4.74 Å². The number of ether oxygens (including phenoxy) is 1. The molecule has 0 fully saturated rings. The maximum Gasteiger partial charge on any atom is 0.124 e. The van der Waals surface area contributed by atoms with Crippen molar-refractivity contribution in [3.8, 4) is 5.75 Å². The summed E-state index contributed by atoms with van der Waals surface area (Å²) < 4.78 is 6.10. The highest BCUT2D eigenvalue weighted by atomic mass is 16.5. The van der Waals surface area contributed by atoms with Gasteiger partial charge in [-0.2, -0.15) is 0 Å². The summed E-state index contributed by atoms with van der Waals surface area (Å²) in [6, 6.07) is 17.2. The van der Waals surface area contributed by atoms with Crippen LogP contribution in [0.5, 0.6) is 5.75 Å². The standard InChI is InChI=1S/C24H35NO/c1-4-5-6-7-8-13-18-26-24-17-12-11-16-23(24)21(3)25-19-22-15-10-9-14-20(22)2/h9-12,14-17,21,25H,4-8,13,18-19H2,1-3H3. The van der Waals surface area contributed by atoms with Gasteiger partial charge in [-0.25, -0.2) is 0 Å². The van der Waals surface area contributed by atoms with Crippen LogP contribution in [0.15, 0.2) is 48.5 Å². The molecule has 2 heteroatoms. The maximum absolute atomic E-state index is 6.10. The zero-order chi connectivity index (χ0) is 18.6. The molecule has 0 heterocycles. The van der Waals surface area contributed by atoms with Crippen molar-refractivity contribution < 1.29 is 4.74 Å². The number of nitrogens with one attached hydrogen (secondary N) is 1. The van der Waals surface area contributed by atoms with Crippen molar-refractivity contribution in [3.63, 3.8) is 0 Å². The third-order valence-corrected chi connectivity index (χ3v) is 5.00. The van der Waals surface area contributed by atoms with Crippen molar-refractivity contribution in [2.45, 2.75) is 71.9 Å². The molecule has 0 amide bonds. The minimum atomic E-state index is 0.260. The van der Waals surface area contributed by atoms with Crippen molar-refractivity contribution in [2.75, 3.05) is 6.61 Å². The highest BCUT2D eigenvalue weighted by Gasteiger charge is 2.11. The largest absolute Gasteiger partial charge is 0.493 e. The minimum absolute atomic E-state index is 0.260. The summed E-state index contributed by atoms with van der Waals surface area (Å²) in [4.78, 5) is 0. The molecule has 1 atom stereocenters. The number of unbranched alkanes of at least 4 members (excludes halogenated alkanes) is 5. The first kappa shape index (κ1) is 20.5. The molecule has 2 aromatic carbocycles. The van der Waals surface area contributed by atoms with Gasteiger partial charge in [-0.05, 0) is 37.5 Å². The Morgan fingerprint density at radius 3 is 2.38 bits per heavy atom. The average molecular weight is 354 g/mol. The summed E-state index contributed by atoms with van der Waals surface area (Å²) in [5, 5.41) is 3.64. The van der Waals surface area contributed by atoms with Crippen LogP contribution in [0.4, 0.5) is 0 Å². The van der Waals surface area contributed by atoms with Crippen LogP contribution in [0.25, 0.3) is 0 Å². The highest BCUT2D eigenvalue weighted by Crippen LogP contribution is 2.25. The van der Waals surface area contributed by atoms with Crippen LogP contribution in [-0.4, -0.2) is 6.61 Å². The fraction of sp³-hybridized carbons (Fsp3) is 0.500. The molecule has 2 aromatic rings. The molecule has 0 aliphatic rings. The number of aryl methyl sites for hydroxylation is 1. The Morgan fingerprint density at radius 2 is 1.58 bits per heavy atom. The topological polar surface area (TPSA) is 21.3 Å². The van der Waals surface area contributed by atoms with Crippen molar-refractivity contribution in [3.05, 3.63) is 65.2 Å². The predicted octanol–water partition coefficient (Wildman–Crippen LogP) is 6.59. The van der Waals surface area contributed by atoms with Gasteiger partial charge in [-0.1, -0.05) is 81.5 Å². The van der Waals surface area contributed by atoms with E-state index in [1.807, 2.05) is 0 Å². The Hall–Kier alpha value is -1.80. The number of rotatable bonds is 12. The summed E-state index contributed by atoms with van der Waals surface area (Å²) in [6.45, 7) is 8.33. The summed E-state index contributed by atoms with van der Waals surface area (Å²) in [5.74, 6) is 1.02. The zero-order valence-electron chi connectivity index (χ0n) is 16.8. The van der Waals surface area contributed by atoms with E-state index in [2.05, 4.69) is 74.6 Å². The molecular weight excluding hydrogens is 318 g/mol. The highest BCUT2D eigenvalue weighted by molar-refractivity contribution is 5.36. The molecule has 0 aliphatic heterocycles. The quantitative estimate of drug-likeness (QED) is 0.435. The number of hydrogen-bond acceptors (Lipinski definition) is 2. The third kappa shape index (κ3) is 6.84. The molecule has 2 rings (SSSR count). The van der Waals surface area contributed by atoms with Crippen LogP contribution in [0.3, 0.4) is 0 Å². The van der Waals surface area contributed by atoms with Gasteiger partial charge in [0.15, 0.2) is 0 Å². The normalized spacial score (nSPS) is 12.1. The summed E-state index contributed by atoms with van der Waals surface area (Å²) in [7, 11) is 0. The van der Waals surface area contributed by atoms with Gasteiger partial charge < -0.3 is 10.1 Å². The lowest BCUT2D eigenvalue weighted by molar-refractivity contribution is 0.298. The van der Waals surface area contributed by atoms with E-state index in [0.29, 0.717) is 0 Å². The van der Waals surface area contributed by atoms with Gasteiger partial charge >= 0.3 is 0 Å². The third-order valence-electron chi connectivity index (χ3n) is 5.00. The summed E-state index contributed by atoms with van der Waals surface area (Å²) >= 11 is 0. The molecule has 0 saturated carbocycles. The monoisotopic (exact) mass is 353 g/mol. The van der Waals surface area contributed by atoms with E-state index in [-0.39, 0.29) is 6.04 Å². The fourth-order valence-electron chi connectivity index (χ4n) is 3.22. The van der Waals surface area contributed by atoms with Crippen LogP contribution in [0.2, 0.25) is 0 Å². The van der Waals surface area contributed by atoms with Crippen molar-refractivity contribution >= 4 is 0 Å². The molecule has 26 heavy (non-hydrogen) atoms. The molecule has 0 saturated heterocycles. The molecule has 1 N–H and O–H groups in total. The Morgan fingerprint density at radius 1 is 0.885 bits per heavy atom. The fourth-order valence-corrected chi connectivity index (χ4v) is 3.22. The lowest BCUT2D eigenvalue weighted by atomic mass is 10.1. The van der Waals surface area contributed by atoms with E-state index in [9.17, 15) is 0 Å². The zero-order valence-corrected chi connectivity index (χ0v) is 16.8. The van der Waals surface area contributed by atoms with Crippen LogP contribution < -0.4 is 10.1 Å². The van der Waals surface area contributed by atoms with Gasteiger partial charge in [-0.3, -0.25) is 0 Å². The maximum atomic E-state index is 6.10. The molecular formula is C24H35NO. The molecule has 142 valence electrons. The molecule has 1 unspecified atom stereocenters. The average Bonchev–Trinajstić information content (AvgIpc) is 2.67. The van der Waals surface area contributed by atoms with E-state index >= 15 is 0 Å². The molecule has 0 aromatic heterocycles. The van der Waals surface area contributed by atoms with Crippen LogP contribution in [-0.2, 0) is 6.54 Å². The van der Waals surface area contributed by atoms with E-state index in [1.54, 1.807) is 0 Å². The molecule has 0 aliphatic carbocycles. The molecule has 0 radical (unpaired) electrons. The first-order chi connectivity index (χ1) is 12.7. The van der Waals surface area contributed by atoms with Crippen molar-refractivity contribution in [2.24, 2.45) is 0 Å². The summed E-state index contributed by atoms with van der Waals surface area (Å²) in [5.41, 5.74) is 3.93. The first-order valence-electron chi connectivity index (χ1n) is 10.2. The number of benzene rings is 2. The molecule has 0 spiro atoms. The van der Waals surface area contributed by atoms with E-state index in [0.717, 1.165) is 25.3 Å². The predicted molar refractivity (Wildman–Crippen MR) is 112 cm³/mol. The number of hydrogen-bond donors (Lipinski definition) is 1. The van der Waals surface area contributed by atoms with Gasteiger partial charge in [0.05, 0.1) is 6.61 Å². The van der Waals surface area contributed by atoms with Crippen molar-refractivity contribution in [1.29, 1.82) is 0 Å². The van der Waals surface area contributed by atoms with Crippen molar-refractivity contribution in [1.82, 2.24) is 5.32 Å². The Balaban J connectivity index is 1.82. The van der Waals surface area contributed by atoms with Gasteiger partial charge in [0.2, 0.25) is 0 Å². The second-order valence-electron chi connectivity index (χ2n) is 7.18. The lowest BCUT2D eigenvalue weighted by Gasteiger charge is -2.19. The van der Waals surface area contributed by atoms with Crippen LogP contribution >= 0.6 is 0 Å². The van der Waals surface area contributed by atoms with Gasteiger partial charge in [-0.15, -0.1) is 0 Å². The van der Waals surface area contributed by atoms with Crippen LogP contribution in [0, 0.1) is 6.92 Å². The van der Waals surface area contributed by atoms with Gasteiger partial charge in [0, 0.05) is 18.2 Å². The SMILES string of the molecule is CCCCCCCCOc1ccccc1C(C)NCc1ccccc1C. The van der Waals surface area contributed by atoms with E-state index in [1.165, 1.54) is 48.8 Å². The smallest absolute Gasteiger partial charge is 0.124 e. The Bertz CT molecular complexity index is 638. The molecule has 2 nitrogen and oxygen atoms in total. The first-order valence-corrected chi connectivity index (χ1v) is 10.2. The second kappa shape index (κ2) is 11.7. The van der Waals surface area contributed by atoms with E-state index < -0.39 is 0 Å². The Kier molecular flexibility index (Phi) is 9.27. The lowest BCUT2D eigenvalue weighted by Crippen LogP contribution is -2.19. The van der Waals surface area contributed by atoms with Gasteiger partial charge in [0.1, 0.15) is 5.75 Å². The summed E-state index contributed by atoms with van der Waals surface area (Å²) in [6.07, 6.45) is 7.75. The van der Waals surface area contributed by atoms with Gasteiger partial charge in [0.25, 0.3) is 0 Å². The Labute approximate surface area is 160 Å². The minimum Gasteiger partial charge on any atom is -0.493 e. The molecule has 0 bridgehead atoms.